The Morgan fingerprint density at radius 1 is 1.29 bits per heavy atom. The van der Waals surface area contributed by atoms with Crippen molar-refractivity contribution in [3.05, 3.63) is 65.0 Å². The van der Waals surface area contributed by atoms with Crippen LogP contribution in [0, 0.1) is 6.92 Å². The highest BCUT2D eigenvalue weighted by atomic mass is 32.1. The second-order valence-corrected chi connectivity index (χ2v) is 6.54. The first kappa shape index (κ1) is 14.7. The molecule has 0 bridgehead atoms. The van der Waals surface area contributed by atoms with E-state index in [-0.39, 0.29) is 5.91 Å². The highest BCUT2D eigenvalue weighted by Gasteiger charge is 2.14. The van der Waals surface area contributed by atoms with Crippen molar-refractivity contribution >= 4 is 28.1 Å². The van der Waals surface area contributed by atoms with Crippen LogP contribution in [0.3, 0.4) is 0 Å². The zero-order chi connectivity index (χ0) is 16.5. The minimum Gasteiger partial charge on any atom is -0.462 e. The molecule has 0 saturated heterocycles. The summed E-state index contributed by atoms with van der Waals surface area (Å²) in [5, 5.41) is 4.80. The van der Waals surface area contributed by atoms with Gasteiger partial charge in [-0.25, -0.2) is 4.98 Å². The van der Waals surface area contributed by atoms with Gasteiger partial charge >= 0.3 is 0 Å². The number of aromatic amines is 1. The van der Waals surface area contributed by atoms with Crippen LogP contribution >= 0.6 is 11.3 Å². The summed E-state index contributed by atoms with van der Waals surface area (Å²) in [6.45, 7) is 2.38. The molecule has 1 aromatic carbocycles. The quantitative estimate of drug-likeness (QED) is 0.588. The predicted octanol–water partition coefficient (Wildman–Crippen LogP) is 4.12. The number of para-hydroxylation sites is 1. The molecule has 0 unspecified atom stereocenters. The Balaban J connectivity index is 1.49. The summed E-state index contributed by atoms with van der Waals surface area (Å²) in [6, 6.07) is 13.4. The van der Waals surface area contributed by atoms with Gasteiger partial charge in [-0.1, -0.05) is 18.2 Å². The lowest BCUT2D eigenvalue weighted by atomic mass is 10.2. The third kappa shape index (κ3) is 2.72. The molecule has 0 atom stereocenters. The van der Waals surface area contributed by atoms with E-state index in [1.54, 1.807) is 6.26 Å². The largest absolute Gasteiger partial charge is 0.462 e. The van der Waals surface area contributed by atoms with Gasteiger partial charge in [0.15, 0.2) is 10.8 Å². The van der Waals surface area contributed by atoms with Crippen molar-refractivity contribution in [1.29, 1.82) is 0 Å². The van der Waals surface area contributed by atoms with Gasteiger partial charge in [-0.3, -0.25) is 4.79 Å². The van der Waals surface area contributed by atoms with Crippen LogP contribution in [0.5, 0.6) is 0 Å². The van der Waals surface area contributed by atoms with Gasteiger partial charge in [-0.2, -0.15) is 0 Å². The zero-order valence-corrected chi connectivity index (χ0v) is 13.8. The summed E-state index contributed by atoms with van der Waals surface area (Å²) in [5.41, 5.74) is 2.42. The van der Waals surface area contributed by atoms with Crippen LogP contribution in [-0.2, 0) is 6.54 Å². The normalized spacial score (nSPS) is 11.0. The molecule has 120 valence electrons. The van der Waals surface area contributed by atoms with Crippen molar-refractivity contribution < 1.29 is 9.21 Å². The maximum Gasteiger partial charge on any atom is 0.268 e. The van der Waals surface area contributed by atoms with Crippen molar-refractivity contribution in [2.75, 3.05) is 0 Å². The highest BCUT2D eigenvalue weighted by Crippen LogP contribution is 2.28. The van der Waals surface area contributed by atoms with Gasteiger partial charge in [0.05, 0.1) is 18.5 Å². The minimum absolute atomic E-state index is 0.126. The molecule has 2 N–H and O–H groups in total. The molecule has 0 radical (unpaired) electrons. The summed E-state index contributed by atoms with van der Waals surface area (Å²) < 4.78 is 5.37. The second kappa shape index (κ2) is 5.98. The van der Waals surface area contributed by atoms with E-state index >= 15 is 0 Å². The van der Waals surface area contributed by atoms with Gasteiger partial charge in [0, 0.05) is 15.8 Å². The number of hydrogen-bond acceptors (Lipinski definition) is 4. The summed E-state index contributed by atoms with van der Waals surface area (Å²) in [6.07, 6.45) is 1.63. The molecular formula is C18H15N3O2S. The van der Waals surface area contributed by atoms with Gasteiger partial charge in [-0.05, 0) is 31.2 Å². The van der Waals surface area contributed by atoms with E-state index in [0.717, 1.165) is 32.2 Å². The van der Waals surface area contributed by atoms with Crippen LogP contribution < -0.4 is 5.32 Å². The van der Waals surface area contributed by atoms with Crippen LogP contribution in [0.15, 0.2) is 53.1 Å². The number of fused-ring (bicyclic) bond motifs is 1. The number of nitrogens with zero attached hydrogens (tertiary/aromatic N) is 1. The number of rotatable bonds is 4. The lowest BCUT2D eigenvalue weighted by molar-refractivity contribution is 0.0947. The number of carbonyl (C=O) groups is 1. The number of benzene rings is 1. The molecule has 24 heavy (non-hydrogen) atoms. The Labute approximate surface area is 142 Å². The van der Waals surface area contributed by atoms with E-state index in [0.29, 0.717) is 12.2 Å². The molecular weight excluding hydrogens is 322 g/mol. The Morgan fingerprint density at radius 3 is 2.96 bits per heavy atom. The average Bonchev–Trinajstić information content (AvgIpc) is 3.31. The molecule has 6 heteroatoms. The summed E-state index contributed by atoms with van der Waals surface area (Å²) >= 11 is 1.53. The van der Waals surface area contributed by atoms with Crippen LogP contribution in [0.2, 0.25) is 0 Å². The molecule has 0 fully saturated rings. The molecule has 3 heterocycles. The van der Waals surface area contributed by atoms with Crippen LogP contribution in [0.25, 0.3) is 21.7 Å². The molecule has 0 aliphatic heterocycles. The van der Waals surface area contributed by atoms with E-state index in [1.165, 1.54) is 11.3 Å². The van der Waals surface area contributed by atoms with Gasteiger partial charge in [0.25, 0.3) is 5.91 Å². The summed E-state index contributed by atoms with van der Waals surface area (Å²) in [4.78, 5) is 21.0. The van der Waals surface area contributed by atoms with Gasteiger partial charge in [-0.15, -0.1) is 11.3 Å². The van der Waals surface area contributed by atoms with Crippen molar-refractivity contribution in [3.8, 4) is 10.8 Å². The van der Waals surface area contributed by atoms with Crippen molar-refractivity contribution in [2.45, 2.75) is 13.5 Å². The number of amides is 1. The third-order valence-corrected chi connectivity index (χ3v) is 4.98. The lowest BCUT2D eigenvalue weighted by Crippen LogP contribution is -2.22. The van der Waals surface area contributed by atoms with Gasteiger partial charge in [0.1, 0.15) is 5.69 Å². The molecule has 1 amide bonds. The Hall–Kier alpha value is -2.86. The number of furan rings is 1. The summed E-state index contributed by atoms with van der Waals surface area (Å²) in [7, 11) is 0. The van der Waals surface area contributed by atoms with Crippen LogP contribution in [0.4, 0.5) is 0 Å². The van der Waals surface area contributed by atoms with Crippen molar-refractivity contribution in [3.63, 3.8) is 0 Å². The van der Waals surface area contributed by atoms with Crippen LogP contribution in [0.1, 0.15) is 21.1 Å². The predicted molar refractivity (Wildman–Crippen MR) is 94.0 cm³/mol. The SMILES string of the molecule is Cc1nc(-c2ccco2)sc1CNC(=O)c1cc2ccccc2[nH]1. The maximum atomic E-state index is 12.4. The first-order chi connectivity index (χ1) is 11.7. The topological polar surface area (TPSA) is 70.9 Å². The van der Waals surface area contributed by atoms with Crippen molar-refractivity contribution in [2.24, 2.45) is 0 Å². The number of nitrogens with one attached hydrogen (secondary N) is 2. The fourth-order valence-corrected chi connectivity index (χ4v) is 3.52. The van der Waals surface area contributed by atoms with E-state index < -0.39 is 0 Å². The monoisotopic (exact) mass is 337 g/mol. The molecule has 0 aliphatic rings. The number of hydrogen-bond donors (Lipinski definition) is 2. The Morgan fingerprint density at radius 2 is 2.17 bits per heavy atom. The van der Waals surface area contributed by atoms with E-state index in [4.69, 9.17) is 4.42 Å². The number of aryl methyl sites for hydroxylation is 1. The molecule has 0 spiro atoms. The minimum atomic E-state index is -0.126. The molecule has 4 rings (SSSR count). The van der Waals surface area contributed by atoms with Gasteiger partial charge in [0.2, 0.25) is 0 Å². The van der Waals surface area contributed by atoms with E-state index in [2.05, 4.69) is 15.3 Å². The zero-order valence-electron chi connectivity index (χ0n) is 13.0. The number of aromatic nitrogens is 2. The lowest BCUT2D eigenvalue weighted by Gasteiger charge is -2.02. The highest BCUT2D eigenvalue weighted by molar-refractivity contribution is 7.15. The maximum absolute atomic E-state index is 12.4. The molecule has 3 aromatic heterocycles. The average molecular weight is 337 g/mol. The summed E-state index contributed by atoms with van der Waals surface area (Å²) in [5.74, 6) is 0.620. The Bertz CT molecular complexity index is 966. The number of carbonyl (C=O) groups excluding carboxylic acids is 1. The van der Waals surface area contributed by atoms with Crippen LogP contribution in [-0.4, -0.2) is 15.9 Å². The molecule has 0 saturated carbocycles. The first-order valence-electron chi connectivity index (χ1n) is 7.57. The molecule has 0 aliphatic carbocycles. The standard InChI is InChI=1S/C18H15N3O2S/c1-11-16(24-18(20-11)15-7-4-8-23-15)10-19-17(22)14-9-12-5-2-3-6-13(12)21-14/h2-9,21H,10H2,1H3,(H,19,22). The fraction of sp³-hybridized carbons (Fsp3) is 0.111. The molecule has 4 aromatic rings. The fourth-order valence-electron chi connectivity index (χ4n) is 2.55. The van der Waals surface area contributed by atoms with E-state index in [1.807, 2.05) is 49.4 Å². The smallest absolute Gasteiger partial charge is 0.268 e. The second-order valence-electron chi connectivity index (χ2n) is 5.46. The van der Waals surface area contributed by atoms with E-state index in [9.17, 15) is 4.79 Å². The Kier molecular flexibility index (Phi) is 3.66. The molecule has 5 nitrogen and oxygen atoms in total. The third-order valence-electron chi connectivity index (χ3n) is 3.81. The number of thiazole rings is 1. The van der Waals surface area contributed by atoms with Crippen molar-refractivity contribution in [1.82, 2.24) is 15.3 Å². The first-order valence-corrected chi connectivity index (χ1v) is 8.38. The van der Waals surface area contributed by atoms with Gasteiger partial charge < -0.3 is 14.7 Å². The number of H-pyrrole nitrogens is 1.